The highest BCUT2D eigenvalue weighted by Gasteiger charge is 2.57. The van der Waals surface area contributed by atoms with Crippen molar-refractivity contribution in [2.24, 2.45) is 11.1 Å². The van der Waals surface area contributed by atoms with E-state index in [1.807, 2.05) is 54.6 Å². The summed E-state index contributed by atoms with van der Waals surface area (Å²) in [4.78, 5) is 25.0. The molecule has 0 amide bonds. The van der Waals surface area contributed by atoms with E-state index in [2.05, 4.69) is 112 Å². The van der Waals surface area contributed by atoms with E-state index in [9.17, 15) is 4.79 Å². The molecule has 2 heterocycles. The van der Waals surface area contributed by atoms with Crippen LogP contribution < -0.4 is 9.80 Å². The first kappa shape index (κ1) is 27.5. The summed E-state index contributed by atoms with van der Waals surface area (Å²) in [7, 11) is 1.43. The lowest BCUT2D eigenvalue weighted by molar-refractivity contribution is -0.146. The molecule has 0 N–H and O–H groups in total. The van der Waals surface area contributed by atoms with Crippen LogP contribution in [0.4, 0.5) is 11.4 Å². The van der Waals surface area contributed by atoms with Crippen LogP contribution in [0.2, 0.25) is 0 Å². The van der Waals surface area contributed by atoms with Crippen LogP contribution in [0.25, 0.3) is 0 Å². The van der Waals surface area contributed by atoms with Crippen LogP contribution in [0.3, 0.4) is 0 Å². The van der Waals surface area contributed by atoms with Crippen LogP contribution in [0.1, 0.15) is 28.8 Å². The topological polar surface area (TPSA) is 54.4 Å². The molecule has 0 bridgehead atoms. The average molecular weight is 580 g/mol. The number of benzene rings is 5. The number of nitrogens with zero attached hydrogens (tertiary/aromatic N) is 3. The van der Waals surface area contributed by atoms with Crippen molar-refractivity contribution in [2.75, 3.05) is 16.9 Å². The van der Waals surface area contributed by atoms with Gasteiger partial charge < -0.3 is 19.4 Å². The van der Waals surface area contributed by atoms with Gasteiger partial charge in [0, 0.05) is 16.9 Å². The van der Waals surface area contributed by atoms with Crippen molar-refractivity contribution >= 4 is 23.1 Å². The van der Waals surface area contributed by atoms with Crippen LogP contribution in [0.15, 0.2) is 157 Å². The van der Waals surface area contributed by atoms with Crippen LogP contribution >= 0.6 is 0 Å². The number of esters is 1. The molecule has 0 unspecified atom stereocenters. The Balaban J connectivity index is 1.48. The van der Waals surface area contributed by atoms with E-state index < -0.39 is 18.2 Å². The maximum Gasteiger partial charge on any atom is 0.319 e. The first-order valence-corrected chi connectivity index (χ1v) is 14.9. The van der Waals surface area contributed by atoms with E-state index in [1.165, 1.54) is 7.11 Å². The molecule has 4 atom stereocenters. The number of carbonyl (C=O) groups is 1. The summed E-state index contributed by atoms with van der Waals surface area (Å²) in [5.74, 6) is -1.13. The minimum Gasteiger partial charge on any atom is -0.468 e. The molecule has 5 aromatic rings. The van der Waals surface area contributed by atoms with Gasteiger partial charge in [0.05, 0.1) is 19.2 Å². The number of para-hydroxylation sites is 2. The zero-order chi connectivity index (χ0) is 29.9. The molecule has 218 valence electrons. The average Bonchev–Trinajstić information content (AvgIpc) is 3.70. The van der Waals surface area contributed by atoms with Gasteiger partial charge in [-0.05, 0) is 35.4 Å². The van der Waals surface area contributed by atoms with Crippen molar-refractivity contribution in [3.63, 3.8) is 0 Å². The second kappa shape index (κ2) is 12.1. The third-order valence-electron chi connectivity index (χ3n) is 8.57. The smallest absolute Gasteiger partial charge is 0.319 e. The van der Waals surface area contributed by atoms with Gasteiger partial charge in [-0.3, -0.25) is 4.79 Å². The summed E-state index contributed by atoms with van der Waals surface area (Å²) < 4.78 is 5.44. The Bertz CT molecular complexity index is 1630. The first-order chi connectivity index (χ1) is 21.8. The summed E-state index contributed by atoms with van der Waals surface area (Å²) in [6.45, 7) is 0. The molecule has 44 heavy (non-hydrogen) atoms. The second-order valence-electron chi connectivity index (χ2n) is 11.0. The van der Waals surface area contributed by atoms with Gasteiger partial charge in [-0.1, -0.05) is 133 Å². The molecule has 6 nitrogen and oxygen atoms in total. The maximum atomic E-state index is 13.7. The monoisotopic (exact) mass is 579 g/mol. The quantitative estimate of drug-likeness (QED) is 0.188. The van der Waals surface area contributed by atoms with Gasteiger partial charge >= 0.3 is 5.97 Å². The molecule has 1 saturated heterocycles. The number of carbonyl (C=O) groups excluding carboxylic acids is 1. The Kier molecular flexibility index (Phi) is 7.55. The van der Waals surface area contributed by atoms with Crippen molar-refractivity contribution in [3.8, 4) is 0 Å². The molecule has 1 fully saturated rings. The van der Waals surface area contributed by atoms with E-state index in [4.69, 9.17) is 9.57 Å². The minimum absolute atomic E-state index is 0.131. The number of anilines is 2. The molecule has 0 spiro atoms. The van der Waals surface area contributed by atoms with Crippen molar-refractivity contribution < 1.29 is 14.4 Å². The molecular formula is C38H33N3O3. The number of rotatable bonds is 7. The first-order valence-electron chi connectivity index (χ1n) is 14.9. The SMILES string of the molecule is COC(=O)[C@@H]1C(c2ccccc2)=NO[C@H]1C1N(c2ccccc2)[C@@H](c2ccccc2)[C@H](c2ccccc2)N1c1ccccc1. The van der Waals surface area contributed by atoms with Gasteiger partial charge in [0.15, 0.2) is 6.10 Å². The van der Waals surface area contributed by atoms with Gasteiger partial charge in [0.25, 0.3) is 0 Å². The predicted molar refractivity (Wildman–Crippen MR) is 173 cm³/mol. The highest BCUT2D eigenvalue weighted by atomic mass is 16.6. The van der Waals surface area contributed by atoms with E-state index in [1.54, 1.807) is 0 Å². The molecule has 0 saturated carbocycles. The zero-order valence-electron chi connectivity index (χ0n) is 24.4. The van der Waals surface area contributed by atoms with Crippen molar-refractivity contribution in [2.45, 2.75) is 24.4 Å². The summed E-state index contributed by atoms with van der Waals surface area (Å²) in [6.07, 6.45) is -1.12. The molecule has 0 aromatic heterocycles. The predicted octanol–water partition coefficient (Wildman–Crippen LogP) is 7.41. The minimum atomic E-state index is -0.754. The fourth-order valence-corrected chi connectivity index (χ4v) is 6.73. The number of hydrogen-bond donors (Lipinski definition) is 0. The number of methoxy groups -OCH3 is 1. The summed E-state index contributed by atoms with van der Waals surface area (Å²) in [5, 5.41) is 4.60. The largest absolute Gasteiger partial charge is 0.468 e. The van der Waals surface area contributed by atoms with Crippen LogP contribution in [-0.2, 0) is 14.4 Å². The van der Waals surface area contributed by atoms with Gasteiger partial charge in [0.1, 0.15) is 17.8 Å². The number of ether oxygens (including phenoxy) is 1. The highest BCUT2D eigenvalue weighted by Crippen LogP contribution is 2.53. The molecular weight excluding hydrogens is 546 g/mol. The van der Waals surface area contributed by atoms with Crippen LogP contribution in [0, 0.1) is 5.92 Å². The summed E-state index contributed by atoms with van der Waals surface area (Å²) >= 11 is 0. The van der Waals surface area contributed by atoms with E-state index >= 15 is 0 Å². The Morgan fingerprint density at radius 3 is 1.45 bits per heavy atom. The molecule has 5 aromatic carbocycles. The Morgan fingerprint density at radius 2 is 1.02 bits per heavy atom. The molecule has 2 aliphatic heterocycles. The van der Waals surface area contributed by atoms with E-state index in [-0.39, 0.29) is 18.1 Å². The molecule has 7 rings (SSSR count). The van der Waals surface area contributed by atoms with Crippen LogP contribution in [-0.4, -0.2) is 31.1 Å². The van der Waals surface area contributed by atoms with Crippen molar-refractivity contribution in [1.29, 1.82) is 0 Å². The van der Waals surface area contributed by atoms with Crippen molar-refractivity contribution in [3.05, 3.63) is 168 Å². The molecule has 0 aliphatic carbocycles. The highest BCUT2D eigenvalue weighted by molar-refractivity contribution is 6.13. The van der Waals surface area contributed by atoms with Crippen molar-refractivity contribution in [1.82, 2.24) is 0 Å². The third-order valence-corrected chi connectivity index (χ3v) is 8.57. The Morgan fingerprint density at radius 1 is 0.614 bits per heavy atom. The zero-order valence-corrected chi connectivity index (χ0v) is 24.4. The number of oxime groups is 1. The molecule has 0 radical (unpaired) electrons. The maximum absolute atomic E-state index is 13.7. The van der Waals surface area contributed by atoms with Gasteiger partial charge in [-0.25, -0.2) is 0 Å². The van der Waals surface area contributed by atoms with Gasteiger partial charge in [-0.15, -0.1) is 0 Å². The number of hydrogen-bond acceptors (Lipinski definition) is 6. The lowest BCUT2D eigenvalue weighted by atomic mass is 9.90. The summed E-state index contributed by atoms with van der Waals surface area (Å²) in [6, 6.07) is 51.4. The third kappa shape index (κ3) is 4.88. The fraction of sp³-hybridized carbons (Fsp3) is 0.158. The van der Waals surface area contributed by atoms with E-state index in [0.717, 1.165) is 28.1 Å². The lowest BCUT2D eigenvalue weighted by Crippen LogP contribution is -2.53. The molecule has 2 aliphatic rings. The summed E-state index contributed by atoms with van der Waals surface area (Å²) in [5.41, 5.74) is 5.76. The second-order valence-corrected chi connectivity index (χ2v) is 11.0. The van der Waals surface area contributed by atoms with Gasteiger partial charge in [0.2, 0.25) is 0 Å². The fourth-order valence-electron chi connectivity index (χ4n) is 6.73. The normalized spacial score (nSPS) is 21.5. The van der Waals surface area contributed by atoms with E-state index in [0.29, 0.717) is 5.71 Å². The Labute approximate surface area is 257 Å². The standard InChI is InChI=1S/C38H33N3O3/c1-43-38(42)32-33(27-17-7-2-8-18-27)39-44-36(32)37-40(30-23-13-5-14-24-30)34(28-19-9-3-10-20-28)35(29-21-11-4-12-22-29)41(37)31-25-15-6-16-26-31/h2-26,32,34-37H,1H3/t32-,34+,35+,36-/m1/s1. The van der Waals surface area contributed by atoms with Gasteiger partial charge in [-0.2, -0.15) is 0 Å². The van der Waals surface area contributed by atoms with Crippen LogP contribution in [0.5, 0.6) is 0 Å². The Hall–Kier alpha value is -5.36. The lowest BCUT2D eigenvalue weighted by Gasteiger charge is -2.38. The molecule has 6 heteroatoms.